The Kier molecular flexibility index (Phi) is 45.4. The van der Waals surface area contributed by atoms with Crippen LogP contribution in [0.5, 0.6) is 0 Å². The molecule has 3 aromatic rings. The van der Waals surface area contributed by atoms with Crippen LogP contribution in [0.25, 0.3) is 0 Å². The van der Waals surface area contributed by atoms with Crippen molar-refractivity contribution >= 4 is 64.7 Å². The Hall–Kier alpha value is -7.36. The number of benzene rings is 3. The van der Waals surface area contributed by atoms with E-state index in [4.69, 9.17) is 26.2 Å². The molecule has 16 nitrogen and oxygen atoms in total. The summed E-state index contributed by atoms with van der Waals surface area (Å²) in [5, 5.41) is 39.2. The fourth-order valence-electron chi connectivity index (χ4n) is 3.20. The van der Waals surface area contributed by atoms with Gasteiger partial charge in [0, 0.05) is 30.0 Å². The van der Waals surface area contributed by atoms with E-state index < -0.39 is 41.7 Å². The molecule has 1 aliphatic rings. The van der Waals surface area contributed by atoms with Gasteiger partial charge in [-0.1, -0.05) is 114 Å². The number of para-hydroxylation sites is 3. The maximum atomic E-state index is 11.2. The number of esters is 2. The largest absolute Gasteiger partial charge is 0.478 e. The predicted molar refractivity (Wildman–Crippen MR) is 235 cm³/mol. The van der Waals surface area contributed by atoms with Crippen molar-refractivity contribution in [2.75, 3.05) is 16.4 Å². The number of nitrogen functional groups attached to an aromatic ring is 1. The van der Waals surface area contributed by atoms with Crippen LogP contribution in [-0.4, -0.2) is 68.1 Å². The molecule has 0 unspecified atom stereocenters. The number of carboxylic acid groups (broad SMARTS) is 4. The molecule has 16 heteroatoms. The van der Waals surface area contributed by atoms with Crippen LogP contribution in [0.3, 0.4) is 0 Å². The summed E-state index contributed by atoms with van der Waals surface area (Å²) in [6.07, 6.45) is 6.56. The number of cyclic esters (lactones) is 2. The second-order valence-electron chi connectivity index (χ2n) is 8.82. The molecule has 0 fully saturated rings. The van der Waals surface area contributed by atoms with Gasteiger partial charge in [0.25, 0.3) is 0 Å². The normalized spacial score (nSPS) is 9.47. The molecule has 59 heavy (non-hydrogen) atoms. The van der Waals surface area contributed by atoms with Crippen molar-refractivity contribution in [2.24, 2.45) is 0 Å². The number of allylic oxidation sites excluding steroid dienone is 1. The minimum atomic E-state index is -1.26. The number of carbonyl (C=O) groups excluding carboxylic acids is 4. The third-order valence-corrected chi connectivity index (χ3v) is 5.27. The lowest BCUT2D eigenvalue weighted by atomic mass is 10.2. The van der Waals surface area contributed by atoms with Crippen molar-refractivity contribution in [1.29, 1.82) is 0 Å². The SMILES string of the molecule is C.C.C.C.CC.CC.CC.CC=CC(=O)Nc1ccccc1C(=O)O.Nc1ccccc1C(=O)O.O=C(O)C=CC(=O)Nc1ccccc1C(=O)O.O=C1C=CC(=O)O1. The van der Waals surface area contributed by atoms with Crippen molar-refractivity contribution in [2.45, 2.75) is 78.2 Å². The van der Waals surface area contributed by atoms with E-state index in [1.807, 2.05) is 41.5 Å². The molecule has 0 bridgehead atoms. The molecule has 8 N–H and O–H groups in total. The van der Waals surface area contributed by atoms with Gasteiger partial charge in [-0.05, 0) is 49.4 Å². The van der Waals surface area contributed by atoms with E-state index >= 15 is 0 Å². The van der Waals surface area contributed by atoms with E-state index in [0.29, 0.717) is 17.5 Å². The van der Waals surface area contributed by atoms with Gasteiger partial charge < -0.3 is 41.5 Å². The van der Waals surface area contributed by atoms with Gasteiger partial charge in [0.1, 0.15) is 0 Å². The number of carbonyl (C=O) groups is 8. The first-order valence-corrected chi connectivity index (χ1v) is 16.5. The Bertz CT molecular complexity index is 1800. The van der Waals surface area contributed by atoms with Crippen LogP contribution in [0.1, 0.15) is 109 Å². The summed E-state index contributed by atoms with van der Waals surface area (Å²) >= 11 is 0. The quantitative estimate of drug-likeness (QED) is 0.0483. The number of hydrogen-bond donors (Lipinski definition) is 7. The molecular formula is C43H63N3O13. The highest BCUT2D eigenvalue weighted by atomic mass is 16.6. The van der Waals surface area contributed by atoms with Crippen molar-refractivity contribution in [3.05, 3.63) is 126 Å². The molecule has 3 aromatic carbocycles. The fraction of sp³-hybridized carbons (Fsp3) is 0.256. The Morgan fingerprint density at radius 1 is 0.525 bits per heavy atom. The number of amides is 2. The number of anilines is 3. The molecule has 0 aliphatic carbocycles. The summed E-state index contributed by atoms with van der Waals surface area (Å²) in [5.41, 5.74) is 6.22. The van der Waals surface area contributed by atoms with Crippen LogP contribution in [0, 0.1) is 0 Å². The lowest BCUT2D eigenvalue weighted by molar-refractivity contribution is -0.150. The van der Waals surface area contributed by atoms with E-state index in [1.165, 1.54) is 36.4 Å². The number of aromatic carboxylic acids is 3. The summed E-state index contributed by atoms with van der Waals surface area (Å²) < 4.78 is 3.97. The van der Waals surface area contributed by atoms with Crippen molar-refractivity contribution < 1.29 is 63.5 Å². The molecule has 0 atom stereocenters. The smallest absolute Gasteiger partial charge is 0.338 e. The highest BCUT2D eigenvalue weighted by molar-refractivity contribution is 6.07. The molecule has 0 aromatic heterocycles. The Morgan fingerprint density at radius 2 is 0.847 bits per heavy atom. The topological polar surface area (TPSA) is 277 Å². The lowest BCUT2D eigenvalue weighted by Gasteiger charge is -2.05. The highest BCUT2D eigenvalue weighted by Gasteiger charge is 2.12. The van der Waals surface area contributed by atoms with Crippen molar-refractivity contribution in [3.8, 4) is 0 Å². The van der Waals surface area contributed by atoms with Gasteiger partial charge in [0.15, 0.2) is 0 Å². The molecular weight excluding hydrogens is 766 g/mol. The molecule has 0 saturated heterocycles. The molecule has 1 heterocycles. The van der Waals surface area contributed by atoms with E-state index in [1.54, 1.807) is 55.5 Å². The minimum Gasteiger partial charge on any atom is -0.478 e. The zero-order valence-corrected chi connectivity index (χ0v) is 31.4. The maximum absolute atomic E-state index is 11.2. The number of ether oxygens (including phenoxy) is 1. The first kappa shape index (κ1) is 66.5. The van der Waals surface area contributed by atoms with Gasteiger partial charge in [-0.25, -0.2) is 28.8 Å². The van der Waals surface area contributed by atoms with E-state index in [2.05, 4.69) is 15.4 Å². The number of aliphatic carboxylic acids is 1. The van der Waals surface area contributed by atoms with E-state index in [9.17, 15) is 38.4 Å². The van der Waals surface area contributed by atoms with Gasteiger partial charge in [-0.15, -0.1) is 0 Å². The van der Waals surface area contributed by atoms with Gasteiger partial charge in [-0.3, -0.25) is 9.59 Å². The molecule has 1 aliphatic heterocycles. The van der Waals surface area contributed by atoms with E-state index in [-0.39, 0.29) is 58.0 Å². The predicted octanol–water partition coefficient (Wildman–Crippen LogP) is 9.08. The van der Waals surface area contributed by atoms with Crippen LogP contribution >= 0.6 is 0 Å². The third-order valence-electron chi connectivity index (χ3n) is 5.27. The molecule has 328 valence electrons. The number of rotatable bonds is 8. The molecule has 0 spiro atoms. The van der Waals surface area contributed by atoms with Gasteiger partial charge >= 0.3 is 35.8 Å². The first-order chi connectivity index (χ1) is 26.2. The van der Waals surface area contributed by atoms with Crippen LogP contribution in [0.4, 0.5) is 17.1 Å². The standard InChI is InChI=1S/C11H9NO5.C11H11NO3.C7H7NO2.C4H2O3.3C2H6.4CH4/c13-9(5-6-10(14)15)12-8-4-2-1-3-7(8)11(16)17;1-2-5-10(13)12-9-7-4-3-6-8(9)11(14)15;8-6-4-2-1-3-5(6)7(9)10;5-3-1-2-4(6)7-3;3*1-2;;;;/h1-6H,(H,12,13)(H,14,15)(H,16,17);2-7H,1H3,(H,12,13)(H,14,15);1-4H,8H2,(H,9,10);1-2H;3*1-2H3;4*1H4. The molecule has 4 rings (SSSR count). The van der Waals surface area contributed by atoms with Gasteiger partial charge in [0.05, 0.1) is 28.1 Å². The first-order valence-electron chi connectivity index (χ1n) is 16.5. The summed E-state index contributed by atoms with van der Waals surface area (Å²) in [5.74, 6) is -6.69. The zero-order chi connectivity index (χ0) is 42.9. The molecule has 0 radical (unpaired) electrons. The Morgan fingerprint density at radius 3 is 1.12 bits per heavy atom. The second-order valence-corrected chi connectivity index (χ2v) is 8.82. The Labute approximate surface area is 348 Å². The number of carboxylic acids is 4. The Balaban J connectivity index is -0.000000118. The van der Waals surface area contributed by atoms with Crippen LogP contribution in [0.2, 0.25) is 0 Å². The van der Waals surface area contributed by atoms with Crippen molar-refractivity contribution in [3.63, 3.8) is 0 Å². The van der Waals surface area contributed by atoms with Crippen molar-refractivity contribution in [1.82, 2.24) is 0 Å². The summed E-state index contributed by atoms with van der Waals surface area (Å²) in [6, 6.07) is 18.4. The summed E-state index contributed by atoms with van der Waals surface area (Å²) in [7, 11) is 0. The monoisotopic (exact) mass is 829 g/mol. The number of hydrogen-bond acceptors (Lipinski definition) is 10. The van der Waals surface area contributed by atoms with Crippen LogP contribution in [-0.2, 0) is 28.7 Å². The average Bonchev–Trinajstić information content (AvgIpc) is 3.56. The molecule has 0 saturated carbocycles. The summed E-state index contributed by atoms with van der Waals surface area (Å²) in [6.45, 7) is 13.7. The fourth-order valence-corrected chi connectivity index (χ4v) is 3.20. The molecule has 2 amide bonds. The van der Waals surface area contributed by atoms with Gasteiger partial charge in [0.2, 0.25) is 11.8 Å². The van der Waals surface area contributed by atoms with Crippen LogP contribution in [0.15, 0.2) is 109 Å². The lowest BCUT2D eigenvalue weighted by Crippen LogP contribution is -2.12. The highest BCUT2D eigenvalue weighted by Crippen LogP contribution is 2.15. The van der Waals surface area contributed by atoms with Gasteiger partial charge in [-0.2, -0.15) is 0 Å². The maximum Gasteiger partial charge on any atom is 0.338 e. The summed E-state index contributed by atoms with van der Waals surface area (Å²) in [4.78, 5) is 84.4. The number of nitrogens with one attached hydrogen (secondary N) is 2. The third kappa shape index (κ3) is 30.5. The zero-order valence-electron chi connectivity index (χ0n) is 31.4. The minimum absolute atomic E-state index is 0. The number of nitrogens with two attached hydrogens (primary N) is 1. The second kappa shape index (κ2) is 40.3. The average molecular weight is 830 g/mol. The van der Waals surface area contributed by atoms with E-state index in [0.717, 1.165) is 18.2 Å². The van der Waals surface area contributed by atoms with Crippen LogP contribution < -0.4 is 16.4 Å².